The molecule has 188 valence electrons. The molecule has 35 heavy (non-hydrogen) atoms. The van der Waals surface area contributed by atoms with Gasteiger partial charge in [-0.3, -0.25) is 9.59 Å². The molecule has 1 aliphatic heterocycles. The number of benzene rings is 2. The number of hydrazine groups is 1. The first-order valence-electron chi connectivity index (χ1n) is 11.8. The molecular weight excluding hydrogens is 471 g/mol. The third-order valence-electron chi connectivity index (χ3n) is 6.24. The van der Waals surface area contributed by atoms with Crippen LogP contribution in [0.4, 0.5) is 4.39 Å². The van der Waals surface area contributed by atoms with E-state index in [0.29, 0.717) is 18.5 Å². The van der Waals surface area contributed by atoms with Crippen LogP contribution in [0.2, 0.25) is 0 Å². The minimum absolute atomic E-state index is 0.103. The Morgan fingerprint density at radius 1 is 1.11 bits per heavy atom. The fourth-order valence-electron chi connectivity index (χ4n) is 4.13. The summed E-state index contributed by atoms with van der Waals surface area (Å²) in [6.45, 7) is 3.53. The van der Waals surface area contributed by atoms with Gasteiger partial charge < -0.3 is 9.66 Å². The summed E-state index contributed by atoms with van der Waals surface area (Å²) in [6, 6.07) is 12.7. The number of aromatic carboxylic acids is 1. The van der Waals surface area contributed by atoms with Gasteiger partial charge in [0.1, 0.15) is 11.1 Å². The van der Waals surface area contributed by atoms with Crippen molar-refractivity contribution in [1.29, 1.82) is 0 Å². The second-order valence-electron chi connectivity index (χ2n) is 8.73. The lowest BCUT2D eigenvalue weighted by molar-refractivity contribution is -0.177. The van der Waals surface area contributed by atoms with Crippen LogP contribution in [-0.2, 0) is 27.2 Å². The highest BCUT2D eigenvalue weighted by molar-refractivity contribution is 7.92. The highest BCUT2D eigenvalue weighted by Crippen LogP contribution is 2.35. The number of carboxylic acids is 1. The number of carbonyl (C=O) groups excluding carboxylic acids is 2. The van der Waals surface area contributed by atoms with Gasteiger partial charge in [-0.05, 0) is 67.2 Å². The maximum Gasteiger partial charge on any atom is 0.335 e. The molecule has 0 bridgehead atoms. The van der Waals surface area contributed by atoms with Gasteiger partial charge in [-0.2, -0.15) is 0 Å². The number of amides is 2. The topological polar surface area (TPSA) is 101 Å². The van der Waals surface area contributed by atoms with Crippen molar-refractivity contribution in [2.45, 2.75) is 63.0 Å². The lowest BCUT2D eigenvalue weighted by Crippen LogP contribution is -2.65. The summed E-state index contributed by atoms with van der Waals surface area (Å²) in [6.07, 6.45) is 4.42. The van der Waals surface area contributed by atoms with Gasteiger partial charge in [-0.15, -0.1) is 0 Å². The Bertz CT molecular complexity index is 1030. The number of unbranched alkanes of at least 4 members (excludes halogenated alkanes) is 3. The zero-order chi connectivity index (χ0) is 25.5. The van der Waals surface area contributed by atoms with Gasteiger partial charge in [0.15, 0.2) is 0 Å². The van der Waals surface area contributed by atoms with E-state index in [9.17, 15) is 23.3 Å². The van der Waals surface area contributed by atoms with Crippen LogP contribution in [-0.4, -0.2) is 49.4 Å². The van der Waals surface area contributed by atoms with E-state index in [1.807, 2.05) is 0 Å². The van der Waals surface area contributed by atoms with Crippen molar-refractivity contribution in [3.63, 3.8) is 0 Å². The number of β-lactam (4-membered cyclic amide) rings is 1. The standard InChI is InChI=1S/C26H31FN2O5S/c1-18(21-10-12-22(13-11-21)26(32)33)35(34)25-17-24(31)29(25)28(19(2)30)16-6-4-3-5-7-20-8-14-23(27)15-9-20/h8-15,18,25H,3-7,16-17H2,1-2H3,(H,32,33). The maximum atomic E-state index is 13.2. The van der Waals surface area contributed by atoms with Gasteiger partial charge in [0.25, 0.3) is 5.91 Å². The van der Waals surface area contributed by atoms with Gasteiger partial charge in [0, 0.05) is 19.0 Å². The van der Waals surface area contributed by atoms with Crippen molar-refractivity contribution in [3.8, 4) is 0 Å². The molecule has 3 unspecified atom stereocenters. The average molecular weight is 503 g/mol. The molecule has 1 saturated heterocycles. The fraction of sp³-hybridized carbons (Fsp3) is 0.423. The van der Waals surface area contributed by atoms with E-state index in [4.69, 9.17) is 5.11 Å². The molecular formula is C26H31FN2O5S. The molecule has 1 fully saturated rings. The van der Waals surface area contributed by atoms with Crippen LogP contribution >= 0.6 is 0 Å². The van der Waals surface area contributed by atoms with Crippen LogP contribution in [0, 0.1) is 5.82 Å². The van der Waals surface area contributed by atoms with E-state index in [2.05, 4.69) is 0 Å². The minimum atomic E-state index is -1.48. The van der Waals surface area contributed by atoms with Crippen LogP contribution in [0.25, 0.3) is 0 Å². The zero-order valence-corrected chi connectivity index (χ0v) is 20.8. The molecule has 2 aromatic carbocycles. The molecule has 7 nitrogen and oxygen atoms in total. The predicted molar refractivity (Wildman–Crippen MR) is 131 cm³/mol. The molecule has 1 heterocycles. The molecule has 2 aromatic rings. The van der Waals surface area contributed by atoms with E-state index in [1.54, 1.807) is 31.2 Å². The third-order valence-corrected chi connectivity index (χ3v) is 8.12. The molecule has 9 heteroatoms. The number of carbonyl (C=O) groups is 3. The Morgan fingerprint density at radius 3 is 2.31 bits per heavy atom. The van der Waals surface area contributed by atoms with Crippen molar-refractivity contribution in [3.05, 3.63) is 71.0 Å². The molecule has 3 atom stereocenters. The third kappa shape index (κ3) is 6.82. The van der Waals surface area contributed by atoms with Crippen LogP contribution in [0.5, 0.6) is 0 Å². The van der Waals surface area contributed by atoms with Crippen molar-refractivity contribution in [2.24, 2.45) is 0 Å². The lowest BCUT2D eigenvalue weighted by atomic mass is 10.1. The number of hydrogen-bond donors (Lipinski definition) is 1. The largest absolute Gasteiger partial charge is 0.614 e. The van der Waals surface area contributed by atoms with Crippen LogP contribution in [0.1, 0.15) is 72.7 Å². The molecule has 3 rings (SSSR count). The molecule has 1 N–H and O–H groups in total. The predicted octanol–water partition coefficient (Wildman–Crippen LogP) is 4.46. The number of carboxylic acid groups (broad SMARTS) is 1. The zero-order valence-electron chi connectivity index (χ0n) is 20.0. The summed E-state index contributed by atoms with van der Waals surface area (Å²) in [5, 5.41) is 10.8. The smallest absolute Gasteiger partial charge is 0.335 e. The second kappa shape index (κ2) is 12.2. The SMILES string of the molecule is CC(=O)N(CCCCCCc1ccc(F)cc1)N1C(=O)CC1[S+]([O-])C(C)c1ccc(C(=O)O)cc1. The van der Waals surface area contributed by atoms with Crippen LogP contribution in [0.15, 0.2) is 48.5 Å². The van der Waals surface area contributed by atoms with Crippen molar-refractivity contribution in [2.75, 3.05) is 6.54 Å². The van der Waals surface area contributed by atoms with E-state index < -0.39 is 27.8 Å². The Labute approximate surface area is 208 Å². The van der Waals surface area contributed by atoms with Crippen molar-refractivity contribution >= 4 is 29.0 Å². The number of hydrogen-bond acceptors (Lipinski definition) is 4. The number of rotatable bonds is 12. The van der Waals surface area contributed by atoms with Crippen LogP contribution < -0.4 is 0 Å². The summed E-state index contributed by atoms with van der Waals surface area (Å²) in [5.74, 6) is -1.79. The van der Waals surface area contributed by atoms with Gasteiger partial charge in [-0.1, -0.05) is 37.1 Å². The monoisotopic (exact) mass is 502 g/mol. The molecule has 0 aromatic heterocycles. The molecule has 0 saturated carbocycles. The molecule has 0 radical (unpaired) electrons. The van der Waals surface area contributed by atoms with Gasteiger partial charge >= 0.3 is 5.97 Å². The summed E-state index contributed by atoms with van der Waals surface area (Å²) in [7, 11) is 0. The highest BCUT2D eigenvalue weighted by atomic mass is 32.2. The fourth-order valence-corrected chi connectivity index (χ4v) is 5.76. The Kier molecular flexibility index (Phi) is 9.28. The maximum absolute atomic E-state index is 13.2. The van der Waals surface area contributed by atoms with E-state index in [0.717, 1.165) is 31.2 Å². The van der Waals surface area contributed by atoms with Gasteiger partial charge in [0.05, 0.1) is 12.0 Å². The van der Waals surface area contributed by atoms with Crippen molar-refractivity contribution in [1.82, 2.24) is 10.0 Å². The first-order valence-corrected chi connectivity index (χ1v) is 13.0. The number of halogens is 1. The minimum Gasteiger partial charge on any atom is -0.614 e. The van der Waals surface area contributed by atoms with Gasteiger partial charge in [0.2, 0.25) is 11.3 Å². The summed E-state index contributed by atoms with van der Waals surface area (Å²) in [4.78, 5) is 35.8. The summed E-state index contributed by atoms with van der Waals surface area (Å²) in [5.41, 5.74) is 1.94. The highest BCUT2D eigenvalue weighted by Gasteiger charge is 2.50. The Morgan fingerprint density at radius 2 is 1.74 bits per heavy atom. The molecule has 0 spiro atoms. The Hall–Kier alpha value is -2.91. The first-order chi connectivity index (χ1) is 16.7. The Balaban J connectivity index is 1.51. The van der Waals surface area contributed by atoms with Crippen LogP contribution in [0.3, 0.4) is 0 Å². The molecule has 1 aliphatic rings. The van der Waals surface area contributed by atoms with E-state index in [-0.39, 0.29) is 29.6 Å². The lowest BCUT2D eigenvalue weighted by Gasteiger charge is -2.46. The normalized spacial score (nSPS) is 17.0. The molecule has 2 amide bonds. The van der Waals surface area contributed by atoms with Crippen molar-refractivity contribution < 1.29 is 28.4 Å². The van der Waals surface area contributed by atoms with E-state index >= 15 is 0 Å². The summed E-state index contributed by atoms with van der Waals surface area (Å²) >= 11 is -1.48. The average Bonchev–Trinajstić information content (AvgIpc) is 2.83. The van der Waals surface area contributed by atoms with E-state index in [1.165, 1.54) is 41.2 Å². The van der Waals surface area contributed by atoms with Gasteiger partial charge in [-0.25, -0.2) is 19.2 Å². The number of aryl methyl sites for hydroxylation is 1. The quantitative estimate of drug-likeness (QED) is 0.262. The molecule has 0 aliphatic carbocycles. The number of nitrogens with zero attached hydrogens (tertiary/aromatic N) is 2. The summed E-state index contributed by atoms with van der Waals surface area (Å²) < 4.78 is 26.2. The first kappa shape index (κ1) is 26.7. The second-order valence-corrected chi connectivity index (χ2v) is 10.6.